The number of nitrogens with zero attached hydrogens (tertiary/aromatic N) is 4. The Labute approximate surface area is 226 Å². The Kier molecular flexibility index (Phi) is 10.3. The molecule has 2 amide bonds. The standard InChI is InChI=1S/C26H33F3N4O5S/c1-19-22(25(35)33(24(19)34)21-9-8-20(18-30)23(17-21)26(27,28)29)7-5-3-4-6-10-31-11-13-32(14-12-31)39(36,37)16-15-38-2/h8-9,17H,3-7,10-16H2,1-2H3. The summed E-state index contributed by atoms with van der Waals surface area (Å²) in [5.41, 5.74) is -1.47. The van der Waals surface area contributed by atoms with E-state index in [0.717, 1.165) is 36.8 Å². The molecule has 0 N–H and O–H groups in total. The second-order valence-corrected chi connectivity index (χ2v) is 11.7. The van der Waals surface area contributed by atoms with E-state index in [-0.39, 0.29) is 23.6 Å². The van der Waals surface area contributed by atoms with Gasteiger partial charge in [-0.15, -0.1) is 0 Å². The van der Waals surface area contributed by atoms with Gasteiger partial charge in [-0.05, 0) is 50.9 Å². The van der Waals surface area contributed by atoms with Gasteiger partial charge in [0.15, 0.2) is 0 Å². The number of alkyl halides is 3. The summed E-state index contributed by atoms with van der Waals surface area (Å²) in [6.07, 6.45) is -1.22. The molecule has 1 aromatic carbocycles. The van der Waals surface area contributed by atoms with Gasteiger partial charge in [0.2, 0.25) is 10.0 Å². The van der Waals surface area contributed by atoms with Gasteiger partial charge in [0.1, 0.15) is 0 Å². The molecule has 39 heavy (non-hydrogen) atoms. The third-order valence-corrected chi connectivity index (χ3v) is 8.88. The lowest BCUT2D eigenvalue weighted by Gasteiger charge is -2.33. The topological polar surface area (TPSA) is 111 Å². The summed E-state index contributed by atoms with van der Waals surface area (Å²) in [6.45, 7) is 4.74. The van der Waals surface area contributed by atoms with E-state index >= 15 is 0 Å². The van der Waals surface area contributed by atoms with Crippen molar-refractivity contribution in [3.8, 4) is 6.07 Å². The van der Waals surface area contributed by atoms with Gasteiger partial charge in [0.25, 0.3) is 11.8 Å². The number of piperazine rings is 1. The van der Waals surface area contributed by atoms with Crippen LogP contribution < -0.4 is 4.90 Å². The van der Waals surface area contributed by atoms with E-state index in [4.69, 9.17) is 10.00 Å². The summed E-state index contributed by atoms with van der Waals surface area (Å²) < 4.78 is 71.0. The van der Waals surface area contributed by atoms with Gasteiger partial charge in [0, 0.05) is 44.4 Å². The number of sulfonamides is 1. The second-order valence-electron chi connectivity index (χ2n) is 9.60. The van der Waals surface area contributed by atoms with Crippen LogP contribution in [0, 0.1) is 11.3 Å². The molecular weight excluding hydrogens is 537 g/mol. The van der Waals surface area contributed by atoms with Crippen molar-refractivity contribution in [1.29, 1.82) is 5.26 Å². The van der Waals surface area contributed by atoms with Crippen LogP contribution in [0.25, 0.3) is 0 Å². The van der Waals surface area contributed by atoms with E-state index in [2.05, 4.69) is 4.90 Å². The van der Waals surface area contributed by atoms with Crippen molar-refractivity contribution in [1.82, 2.24) is 9.21 Å². The van der Waals surface area contributed by atoms with Crippen LogP contribution in [0.15, 0.2) is 29.3 Å². The second kappa shape index (κ2) is 13.0. The zero-order chi connectivity index (χ0) is 28.8. The number of carbonyl (C=O) groups is 2. The molecule has 0 radical (unpaired) electrons. The van der Waals surface area contributed by atoms with Crippen molar-refractivity contribution in [2.75, 3.05) is 57.1 Å². The molecule has 0 spiro atoms. The Morgan fingerprint density at radius 3 is 2.31 bits per heavy atom. The average Bonchev–Trinajstić information content (AvgIpc) is 3.11. The Bertz CT molecular complexity index is 1250. The predicted molar refractivity (Wildman–Crippen MR) is 138 cm³/mol. The maximum absolute atomic E-state index is 13.4. The highest BCUT2D eigenvalue weighted by Gasteiger charge is 2.39. The number of nitriles is 1. The van der Waals surface area contributed by atoms with Gasteiger partial charge in [0.05, 0.1) is 35.2 Å². The highest BCUT2D eigenvalue weighted by Crippen LogP contribution is 2.37. The molecule has 13 heteroatoms. The minimum atomic E-state index is -4.80. The lowest BCUT2D eigenvalue weighted by Crippen LogP contribution is -2.49. The zero-order valence-electron chi connectivity index (χ0n) is 22.1. The molecule has 0 unspecified atom stereocenters. The van der Waals surface area contributed by atoms with E-state index in [0.29, 0.717) is 50.7 Å². The number of methoxy groups -OCH3 is 1. The molecule has 0 saturated carbocycles. The zero-order valence-corrected chi connectivity index (χ0v) is 22.9. The smallest absolute Gasteiger partial charge is 0.384 e. The first-order chi connectivity index (χ1) is 18.4. The largest absolute Gasteiger partial charge is 0.417 e. The van der Waals surface area contributed by atoms with Crippen LogP contribution in [0.5, 0.6) is 0 Å². The van der Waals surface area contributed by atoms with Crippen LogP contribution in [0.2, 0.25) is 0 Å². The molecule has 0 aromatic heterocycles. The molecule has 0 aliphatic carbocycles. The maximum Gasteiger partial charge on any atom is 0.417 e. The molecular formula is C26H33F3N4O5S. The van der Waals surface area contributed by atoms with E-state index in [1.165, 1.54) is 30.5 Å². The Balaban J connectivity index is 1.45. The maximum atomic E-state index is 13.4. The first-order valence-corrected chi connectivity index (χ1v) is 14.4. The van der Waals surface area contributed by atoms with Crippen LogP contribution >= 0.6 is 0 Å². The number of carbonyl (C=O) groups excluding carboxylic acids is 2. The molecule has 0 bridgehead atoms. The molecule has 214 valence electrons. The first-order valence-electron chi connectivity index (χ1n) is 12.8. The van der Waals surface area contributed by atoms with E-state index in [1.54, 1.807) is 0 Å². The highest BCUT2D eigenvalue weighted by molar-refractivity contribution is 7.89. The van der Waals surface area contributed by atoms with Crippen molar-refractivity contribution in [2.24, 2.45) is 0 Å². The van der Waals surface area contributed by atoms with Crippen molar-refractivity contribution < 1.29 is 35.9 Å². The van der Waals surface area contributed by atoms with Crippen LogP contribution in [0.4, 0.5) is 18.9 Å². The van der Waals surface area contributed by atoms with E-state index in [9.17, 15) is 31.2 Å². The third kappa shape index (κ3) is 7.45. The quantitative estimate of drug-likeness (QED) is 0.280. The van der Waals surface area contributed by atoms with Gasteiger partial charge in [-0.3, -0.25) is 9.59 Å². The fraction of sp³-hybridized carbons (Fsp3) is 0.577. The molecule has 2 aliphatic rings. The number of amides is 2. The van der Waals surface area contributed by atoms with Gasteiger partial charge in [-0.1, -0.05) is 12.8 Å². The number of unbranched alkanes of at least 4 members (excludes halogenated alkanes) is 3. The predicted octanol–water partition coefficient (Wildman–Crippen LogP) is 3.31. The monoisotopic (exact) mass is 570 g/mol. The Hall–Kier alpha value is -2.79. The molecule has 1 fully saturated rings. The number of ether oxygens (including phenoxy) is 1. The molecule has 2 aliphatic heterocycles. The summed E-state index contributed by atoms with van der Waals surface area (Å²) in [5.74, 6) is -1.31. The summed E-state index contributed by atoms with van der Waals surface area (Å²) in [4.78, 5) is 28.7. The fourth-order valence-electron chi connectivity index (χ4n) is 4.76. The number of imide groups is 1. The van der Waals surface area contributed by atoms with Gasteiger partial charge >= 0.3 is 6.18 Å². The van der Waals surface area contributed by atoms with Crippen LogP contribution in [0.3, 0.4) is 0 Å². The number of anilines is 1. The highest BCUT2D eigenvalue weighted by atomic mass is 32.2. The van der Waals surface area contributed by atoms with Crippen molar-refractivity contribution in [3.05, 3.63) is 40.5 Å². The molecule has 9 nitrogen and oxygen atoms in total. The number of hydrogen-bond acceptors (Lipinski definition) is 7. The molecule has 0 atom stereocenters. The Morgan fingerprint density at radius 2 is 1.69 bits per heavy atom. The summed E-state index contributed by atoms with van der Waals surface area (Å²) in [6, 6.07) is 4.29. The van der Waals surface area contributed by atoms with E-state index < -0.39 is 39.1 Å². The number of hydrogen-bond donors (Lipinski definition) is 0. The van der Waals surface area contributed by atoms with E-state index in [1.807, 2.05) is 0 Å². The number of halogens is 3. The molecule has 1 aromatic rings. The number of benzene rings is 1. The number of rotatable bonds is 12. The summed E-state index contributed by atoms with van der Waals surface area (Å²) >= 11 is 0. The molecule has 3 rings (SSSR count). The lowest BCUT2D eigenvalue weighted by atomic mass is 10.0. The van der Waals surface area contributed by atoms with Crippen LogP contribution in [-0.2, 0) is 30.5 Å². The normalized spacial score (nSPS) is 17.8. The minimum absolute atomic E-state index is 0.0205. The van der Waals surface area contributed by atoms with Crippen molar-refractivity contribution in [2.45, 2.75) is 45.2 Å². The lowest BCUT2D eigenvalue weighted by molar-refractivity contribution is -0.138. The van der Waals surface area contributed by atoms with Crippen LogP contribution in [0.1, 0.15) is 50.2 Å². The van der Waals surface area contributed by atoms with Gasteiger partial charge in [-0.25, -0.2) is 13.3 Å². The SMILES string of the molecule is COCCS(=O)(=O)N1CCN(CCCCCCC2=C(C)C(=O)N(c3ccc(C#N)c(C(F)(F)F)c3)C2=O)CC1. The minimum Gasteiger partial charge on any atom is -0.384 e. The third-order valence-electron chi connectivity index (χ3n) is 7.05. The Morgan fingerprint density at radius 1 is 1.03 bits per heavy atom. The molecule has 2 heterocycles. The van der Waals surface area contributed by atoms with Gasteiger partial charge < -0.3 is 9.64 Å². The fourth-order valence-corrected chi connectivity index (χ4v) is 6.11. The van der Waals surface area contributed by atoms with Crippen molar-refractivity contribution >= 4 is 27.5 Å². The summed E-state index contributed by atoms with van der Waals surface area (Å²) in [5, 5.41) is 8.99. The van der Waals surface area contributed by atoms with Crippen molar-refractivity contribution in [3.63, 3.8) is 0 Å². The van der Waals surface area contributed by atoms with Gasteiger partial charge in [-0.2, -0.15) is 22.7 Å². The average molecular weight is 571 g/mol. The van der Waals surface area contributed by atoms with Crippen LogP contribution in [-0.4, -0.2) is 81.6 Å². The summed E-state index contributed by atoms with van der Waals surface area (Å²) in [7, 11) is -1.83. The first kappa shape index (κ1) is 30.7. The molecule has 1 saturated heterocycles.